The van der Waals surface area contributed by atoms with Crippen LogP contribution in [0.1, 0.15) is 12.5 Å². The number of hydrogen-bond donors (Lipinski definition) is 2. The predicted molar refractivity (Wildman–Crippen MR) is 72.3 cm³/mol. The normalized spacial score (nSPS) is 14.3. The molecule has 0 aliphatic rings. The minimum atomic E-state index is -0.580. The number of likely N-dealkylation sites (N-methyl/N-ethyl adjacent to an activating group) is 1. The Morgan fingerprint density at radius 2 is 1.94 bits per heavy atom. The van der Waals surface area contributed by atoms with Crippen LogP contribution in [-0.4, -0.2) is 48.7 Å². The Balaban J connectivity index is 2.69. The van der Waals surface area contributed by atoms with Crippen LogP contribution in [0.25, 0.3) is 0 Å². The molecule has 0 spiro atoms. The highest BCUT2D eigenvalue weighted by Gasteiger charge is 2.20. The van der Waals surface area contributed by atoms with E-state index >= 15 is 0 Å². The van der Waals surface area contributed by atoms with Gasteiger partial charge in [-0.3, -0.25) is 4.79 Å². The number of amides is 1. The van der Waals surface area contributed by atoms with E-state index in [0.29, 0.717) is 13.0 Å². The van der Waals surface area contributed by atoms with Gasteiger partial charge in [-0.1, -0.05) is 30.3 Å². The molecule has 100 valence electrons. The van der Waals surface area contributed by atoms with Crippen molar-refractivity contribution in [3.63, 3.8) is 0 Å². The molecule has 1 amide bonds. The van der Waals surface area contributed by atoms with Crippen LogP contribution in [-0.2, 0) is 11.2 Å². The Labute approximate surface area is 109 Å². The quantitative estimate of drug-likeness (QED) is 0.779. The number of rotatable bonds is 6. The molecule has 0 heterocycles. The summed E-state index contributed by atoms with van der Waals surface area (Å²) < 4.78 is 0. The summed E-state index contributed by atoms with van der Waals surface area (Å²) in [7, 11) is 3.80. The van der Waals surface area contributed by atoms with Crippen LogP contribution in [0.5, 0.6) is 0 Å². The molecule has 1 rings (SSSR count). The molecule has 18 heavy (non-hydrogen) atoms. The number of nitrogens with zero attached hydrogens (tertiary/aromatic N) is 1. The number of aliphatic hydroxyl groups excluding tert-OH is 1. The number of benzene rings is 1. The lowest BCUT2D eigenvalue weighted by molar-refractivity contribution is -0.120. The first-order valence-corrected chi connectivity index (χ1v) is 6.13. The molecular weight excluding hydrogens is 228 g/mol. The van der Waals surface area contributed by atoms with Crippen LogP contribution >= 0.6 is 0 Å². The van der Waals surface area contributed by atoms with E-state index in [9.17, 15) is 9.90 Å². The lowest BCUT2D eigenvalue weighted by atomic mass is 10.0. The molecule has 1 aromatic carbocycles. The van der Waals surface area contributed by atoms with Crippen molar-refractivity contribution in [1.82, 2.24) is 10.2 Å². The highest BCUT2D eigenvalue weighted by Crippen LogP contribution is 2.07. The predicted octanol–water partition coefficient (Wildman–Crippen LogP) is 0.656. The number of nitrogens with one attached hydrogen (secondary N) is 1. The topological polar surface area (TPSA) is 52.6 Å². The van der Waals surface area contributed by atoms with Gasteiger partial charge in [-0.25, -0.2) is 0 Å². The van der Waals surface area contributed by atoms with Crippen molar-refractivity contribution in [3.05, 3.63) is 35.9 Å². The molecule has 1 aromatic rings. The van der Waals surface area contributed by atoms with Crippen LogP contribution in [0, 0.1) is 0 Å². The summed E-state index contributed by atoms with van der Waals surface area (Å²) in [5.41, 5.74) is 1.11. The third-order valence-electron chi connectivity index (χ3n) is 2.70. The summed E-state index contributed by atoms with van der Waals surface area (Å²) in [6.45, 7) is 2.00. The maximum Gasteiger partial charge on any atom is 0.217 e. The van der Waals surface area contributed by atoms with Crippen LogP contribution in [0.4, 0.5) is 0 Å². The highest BCUT2D eigenvalue weighted by atomic mass is 16.3. The van der Waals surface area contributed by atoms with Gasteiger partial charge in [-0.15, -0.1) is 0 Å². The molecule has 0 fully saturated rings. The summed E-state index contributed by atoms with van der Waals surface area (Å²) >= 11 is 0. The maximum absolute atomic E-state index is 11.2. The number of aliphatic hydroxyl groups is 1. The van der Waals surface area contributed by atoms with Gasteiger partial charge in [0.15, 0.2) is 0 Å². The van der Waals surface area contributed by atoms with Crippen molar-refractivity contribution in [2.75, 3.05) is 20.6 Å². The molecule has 0 aromatic heterocycles. The smallest absolute Gasteiger partial charge is 0.217 e. The number of carbonyl (C=O) groups excluding carboxylic acids is 1. The lowest BCUT2D eigenvalue weighted by Crippen LogP contribution is -2.47. The Morgan fingerprint density at radius 1 is 1.33 bits per heavy atom. The monoisotopic (exact) mass is 250 g/mol. The van der Waals surface area contributed by atoms with Crippen LogP contribution in [0.15, 0.2) is 30.3 Å². The Hall–Kier alpha value is -1.39. The average Bonchev–Trinajstić information content (AvgIpc) is 2.28. The van der Waals surface area contributed by atoms with Crippen molar-refractivity contribution in [2.45, 2.75) is 25.5 Å². The minimum absolute atomic E-state index is 0.117. The second kappa shape index (κ2) is 7.13. The summed E-state index contributed by atoms with van der Waals surface area (Å²) in [5, 5.41) is 13.0. The van der Waals surface area contributed by atoms with Gasteiger partial charge in [0.2, 0.25) is 5.91 Å². The van der Waals surface area contributed by atoms with Gasteiger partial charge in [0, 0.05) is 13.5 Å². The SMILES string of the molecule is CC(=O)NC(Cc1ccccc1)C(O)CN(C)C. The van der Waals surface area contributed by atoms with Crippen molar-refractivity contribution < 1.29 is 9.90 Å². The Kier molecular flexibility index (Phi) is 5.82. The molecular formula is C14H22N2O2. The summed E-state index contributed by atoms with van der Waals surface area (Å²) in [5.74, 6) is -0.117. The van der Waals surface area contributed by atoms with Gasteiger partial charge in [-0.05, 0) is 26.1 Å². The van der Waals surface area contributed by atoms with E-state index in [1.54, 1.807) is 0 Å². The zero-order chi connectivity index (χ0) is 13.5. The van der Waals surface area contributed by atoms with E-state index in [2.05, 4.69) is 5.32 Å². The van der Waals surface area contributed by atoms with Crippen LogP contribution < -0.4 is 5.32 Å². The standard InChI is InChI=1S/C14H22N2O2/c1-11(17)15-13(14(18)10-16(2)3)9-12-7-5-4-6-8-12/h4-8,13-14,18H,9-10H2,1-3H3,(H,15,17). The molecule has 0 bridgehead atoms. The fraction of sp³-hybridized carbons (Fsp3) is 0.500. The minimum Gasteiger partial charge on any atom is -0.390 e. The first-order valence-electron chi connectivity index (χ1n) is 6.13. The zero-order valence-corrected chi connectivity index (χ0v) is 11.3. The van der Waals surface area contributed by atoms with Crippen LogP contribution in [0.3, 0.4) is 0 Å². The summed E-state index contributed by atoms with van der Waals surface area (Å²) in [6, 6.07) is 9.60. The fourth-order valence-corrected chi connectivity index (χ4v) is 1.91. The van der Waals surface area contributed by atoms with Crippen LogP contribution in [0.2, 0.25) is 0 Å². The van der Waals surface area contributed by atoms with Crippen molar-refractivity contribution in [2.24, 2.45) is 0 Å². The molecule has 2 unspecified atom stereocenters. The third kappa shape index (κ3) is 5.29. The summed E-state index contributed by atoms with van der Waals surface area (Å²) in [4.78, 5) is 13.1. The lowest BCUT2D eigenvalue weighted by Gasteiger charge is -2.26. The average molecular weight is 250 g/mol. The molecule has 0 saturated heterocycles. The van der Waals surface area contributed by atoms with Gasteiger partial charge in [0.05, 0.1) is 12.1 Å². The van der Waals surface area contributed by atoms with E-state index in [0.717, 1.165) is 5.56 Å². The van der Waals surface area contributed by atoms with E-state index in [-0.39, 0.29) is 11.9 Å². The van der Waals surface area contributed by atoms with Gasteiger partial charge in [0.1, 0.15) is 0 Å². The Bertz CT molecular complexity index is 365. The number of hydrogen-bond acceptors (Lipinski definition) is 3. The highest BCUT2D eigenvalue weighted by molar-refractivity contribution is 5.73. The molecule has 0 radical (unpaired) electrons. The number of carbonyl (C=O) groups is 1. The van der Waals surface area contributed by atoms with Gasteiger partial charge in [-0.2, -0.15) is 0 Å². The van der Waals surface area contributed by atoms with Gasteiger partial charge < -0.3 is 15.3 Å². The second-order valence-corrected chi connectivity index (χ2v) is 4.83. The molecule has 2 atom stereocenters. The third-order valence-corrected chi connectivity index (χ3v) is 2.70. The molecule has 2 N–H and O–H groups in total. The fourth-order valence-electron chi connectivity index (χ4n) is 1.91. The Morgan fingerprint density at radius 3 is 2.44 bits per heavy atom. The largest absolute Gasteiger partial charge is 0.390 e. The first kappa shape index (κ1) is 14.7. The van der Waals surface area contributed by atoms with Crippen molar-refractivity contribution >= 4 is 5.91 Å². The maximum atomic E-state index is 11.2. The molecule has 4 heteroatoms. The van der Waals surface area contributed by atoms with Gasteiger partial charge >= 0.3 is 0 Å². The molecule has 0 aliphatic heterocycles. The van der Waals surface area contributed by atoms with Crippen molar-refractivity contribution in [1.29, 1.82) is 0 Å². The molecule has 4 nitrogen and oxygen atoms in total. The van der Waals surface area contributed by atoms with E-state index < -0.39 is 6.10 Å². The van der Waals surface area contributed by atoms with Crippen molar-refractivity contribution in [3.8, 4) is 0 Å². The van der Waals surface area contributed by atoms with Gasteiger partial charge in [0.25, 0.3) is 0 Å². The van der Waals surface area contributed by atoms with E-state index in [1.807, 2.05) is 49.3 Å². The second-order valence-electron chi connectivity index (χ2n) is 4.83. The van der Waals surface area contributed by atoms with E-state index in [1.165, 1.54) is 6.92 Å². The first-order chi connectivity index (χ1) is 8.49. The summed E-state index contributed by atoms with van der Waals surface area (Å²) in [6.07, 6.45) is 0.0548. The van der Waals surface area contributed by atoms with E-state index in [4.69, 9.17) is 0 Å². The molecule has 0 aliphatic carbocycles. The molecule has 0 saturated carbocycles. The zero-order valence-electron chi connectivity index (χ0n) is 11.3.